The molecule has 266 valence electrons. The van der Waals surface area contributed by atoms with Crippen molar-refractivity contribution < 1.29 is 38.1 Å². The number of hydrogen-bond acceptors (Lipinski definition) is 8. The van der Waals surface area contributed by atoms with Gasteiger partial charge in [0.25, 0.3) is 6.47 Å². The summed E-state index contributed by atoms with van der Waals surface area (Å²) in [5, 5.41) is 0. The van der Waals surface area contributed by atoms with E-state index in [4.69, 9.17) is 18.9 Å². The van der Waals surface area contributed by atoms with Gasteiger partial charge in [-0.2, -0.15) is 0 Å². The SMILES string of the molecule is COC(=O)c1c(C2c3ccccc3-c3ccccc32)cccc1C(OC=O)(C(=O)OCc1ccccc1)C(=O)OCC1c2ccccc2-c2ccccc21. The molecule has 8 nitrogen and oxygen atoms in total. The van der Waals surface area contributed by atoms with Crippen LogP contribution in [0.25, 0.3) is 22.3 Å². The third-order valence-electron chi connectivity index (χ3n) is 10.4. The molecule has 1 unspecified atom stereocenters. The van der Waals surface area contributed by atoms with E-state index < -0.39 is 29.4 Å². The van der Waals surface area contributed by atoms with Gasteiger partial charge in [0.2, 0.25) is 0 Å². The molecule has 0 aliphatic heterocycles. The fourth-order valence-electron chi connectivity index (χ4n) is 7.98. The molecule has 1 atom stereocenters. The molecule has 0 aromatic heterocycles. The molecule has 2 aliphatic rings. The zero-order valence-corrected chi connectivity index (χ0v) is 29.3. The summed E-state index contributed by atoms with van der Waals surface area (Å²) in [6.45, 7) is -0.449. The van der Waals surface area contributed by atoms with Crippen molar-refractivity contribution >= 4 is 24.4 Å². The molecule has 6 aromatic rings. The number of esters is 3. The van der Waals surface area contributed by atoms with Gasteiger partial charge in [-0.1, -0.05) is 146 Å². The normalized spacial score (nSPS) is 13.7. The molecular weight excluding hydrogens is 680 g/mol. The van der Waals surface area contributed by atoms with Crippen LogP contribution in [0, 0.1) is 0 Å². The standard InChI is InChI=1S/C46H34O8/c1-51-43(48)42-38(41-36-22-11-9-18-32(36)33-19-10-12-23-37(33)41)24-13-25-40(42)46(54-28-47,44(49)52-26-29-14-3-2-4-15-29)45(50)53-27-39-34-20-7-5-16-30(34)31-17-6-8-21-35(31)39/h2-25,28,39,41H,26-27H2,1H3. The number of rotatable bonds is 11. The second-order valence-electron chi connectivity index (χ2n) is 13.2. The number of methoxy groups -OCH3 is 1. The average Bonchev–Trinajstić information content (AvgIpc) is 3.73. The number of ether oxygens (including phenoxy) is 4. The van der Waals surface area contributed by atoms with E-state index >= 15 is 0 Å². The van der Waals surface area contributed by atoms with Crippen LogP contribution in [0.5, 0.6) is 0 Å². The Balaban J connectivity index is 1.28. The topological polar surface area (TPSA) is 105 Å². The first-order valence-corrected chi connectivity index (χ1v) is 17.6. The maximum atomic E-state index is 14.8. The third kappa shape index (κ3) is 5.63. The minimum atomic E-state index is -2.86. The second-order valence-corrected chi connectivity index (χ2v) is 13.2. The molecule has 8 rings (SSSR count). The molecule has 6 aromatic carbocycles. The molecule has 0 heterocycles. The summed E-state index contributed by atoms with van der Waals surface area (Å²) >= 11 is 0. The van der Waals surface area contributed by atoms with Crippen molar-refractivity contribution in [3.05, 3.63) is 190 Å². The first kappa shape index (κ1) is 34.3. The highest BCUT2D eigenvalue weighted by Gasteiger charge is 2.57. The Kier molecular flexibility index (Phi) is 9.09. The first-order valence-electron chi connectivity index (χ1n) is 17.6. The van der Waals surface area contributed by atoms with Crippen LogP contribution in [0.4, 0.5) is 0 Å². The Morgan fingerprint density at radius 3 is 1.61 bits per heavy atom. The first-order chi connectivity index (χ1) is 26.5. The number of benzene rings is 6. The summed E-state index contributed by atoms with van der Waals surface area (Å²) in [7, 11) is 1.21. The number of carbonyl (C=O) groups is 4. The average molecular weight is 715 g/mol. The van der Waals surface area contributed by atoms with Gasteiger partial charge < -0.3 is 18.9 Å². The Bertz CT molecular complexity index is 2330. The van der Waals surface area contributed by atoms with E-state index in [2.05, 4.69) is 0 Å². The molecule has 8 heteroatoms. The van der Waals surface area contributed by atoms with Crippen LogP contribution in [-0.4, -0.2) is 38.1 Å². The molecule has 0 spiro atoms. The van der Waals surface area contributed by atoms with Gasteiger partial charge in [0.15, 0.2) is 0 Å². The lowest BCUT2D eigenvalue weighted by Crippen LogP contribution is -2.49. The third-order valence-corrected chi connectivity index (χ3v) is 10.4. The minimum absolute atomic E-state index is 0.000882. The van der Waals surface area contributed by atoms with Crippen LogP contribution >= 0.6 is 0 Å². The summed E-state index contributed by atoms with van der Waals surface area (Å²) in [5.74, 6) is -4.17. The fraction of sp³-hybridized carbons (Fsp3) is 0.130. The molecular formula is C46H34O8. The largest absolute Gasteiger partial charge is 0.465 e. The predicted molar refractivity (Wildman–Crippen MR) is 200 cm³/mol. The maximum Gasteiger partial charge on any atom is 0.367 e. The summed E-state index contributed by atoms with van der Waals surface area (Å²) in [5.41, 5.74) is 5.53. The van der Waals surface area contributed by atoms with Crippen LogP contribution in [0.2, 0.25) is 0 Å². The Morgan fingerprint density at radius 2 is 1.06 bits per heavy atom. The van der Waals surface area contributed by atoms with Crippen molar-refractivity contribution in [3.63, 3.8) is 0 Å². The fourth-order valence-corrected chi connectivity index (χ4v) is 7.98. The van der Waals surface area contributed by atoms with Gasteiger partial charge >= 0.3 is 23.5 Å². The van der Waals surface area contributed by atoms with Crippen molar-refractivity contribution in [2.45, 2.75) is 24.0 Å². The molecule has 0 N–H and O–H groups in total. The summed E-state index contributed by atoms with van der Waals surface area (Å²) < 4.78 is 22.8. The van der Waals surface area contributed by atoms with Gasteiger partial charge in [-0.25, -0.2) is 14.4 Å². The van der Waals surface area contributed by atoms with Gasteiger partial charge in [0.05, 0.1) is 12.7 Å². The van der Waals surface area contributed by atoms with Gasteiger partial charge in [0, 0.05) is 17.4 Å². The maximum absolute atomic E-state index is 14.8. The lowest BCUT2D eigenvalue weighted by atomic mass is 9.80. The molecule has 0 radical (unpaired) electrons. The molecule has 0 amide bonds. The molecule has 0 fully saturated rings. The molecule has 0 bridgehead atoms. The van der Waals surface area contributed by atoms with Crippen LogP contribution in [0.15, 0.2) is 146 Å². The van der Waals surface area contributed by atoms with Crippen LogP contribution in [-0.2, 0) is 45.5 Å². The number of hydrogen-bond donors (Lipinski definition) is 0. The smallest absolute Gasteiger partial charge is 0.367 e. The highest BCUT2D eigenvalue weighted by Crippen LogP contribution is 2.50. The van der Waals surface area contributed by atoms with Crippen molar-refractivity contribution in [2.24, 2.45) is 0 Å². The van der Waals surface area contributed by atoms with Crippen molar-refractivity contribution in [1.82, 2.24) is 0 Å². The quantitative estimate of drug-likeness (QED) is 0.0573. The lowest BCUT2D eigenvalue weighted by molar-refractivity contribution is -0.194. The summed E-state index contributed by atoms with van der Waals surface area (Å²) in [6.07, 6.45) is 0. The highest BCUT2D eigenvalue weighted by atomic mass is 16.6. The predicted octanol–water partition coefficient (Wildman–Crippen LogP) is 8.10. The second kappa shape index (κ2) is 14.3. The zero-order valence-electron chi connectivity index (χ0n) is 29.3. The summed E-state index contributed by atoms with van der Waals surface area (Å²) in [4.78, 5) is 56.0. The van der Waals surface area contributed by atoms with Crippen LogP contribution in [0.1, 0.15) is 61.1 Å². The Labute approximate surface area is 311 Å². The Hall–Kier alpha value is -6.80. The summed E-state index contributed by atoms with van der Waals surface area (Å²) in [6, 6.07) is 45.0. The van der Waals surface area contributed by atoms with E-state index in [1.54, 1.807) is 36.4 Å². The van der Waals surface area contributed by atoms with Gasteiger partial charge in [-0.05, 0) is 55.6 Å². The lowest BCUT2D eigenvalue weighted by Gasteiger charge is -2.31. The number of fused-ring (bicyclic) bond motifs is 6. The van der Waals surface area contributed by atoms with E-state index in [-0.39, 0.29) is 36.7 Å². The van der Waals surface area contributed by atoms with Crippen molar-refractivity contribution in [3.8, 4) is 22.3 Å². The van der Waals surface area contributed by atoms with Crippen molar-refractivity contribution in [1.29, 1.82) is 0 Å². The van der Waals surface area contributed by atoms with E-state index in [9.17, 15) is 19.2 Å². The minimum Gasteiger partial charge on any atom is -0.465 e. The van der Waals surface area contributed by atoms with E-state index in [1.807, 2.05) is 103 Å². The van der Waals surface area contributed by atoms with Crippen LogP contribution in [0.3, 0.4) is 0 Å². The van der Waals surface area contributed by atoms with Crippen molar-refractivity contribution in [2.75, 3.05) is 13.7 Å². The van der Waals surface area contributed by atoms with Gasteiger partial charge in [-0.15, -0.1) is 0 Å². The number of carbonyl (C=O) groups excluding carboxylic acids is 4. The van der Waals surface area contributed by atoms with E-state index in [0.717, 1.165) is 44.5 Å². The van der Waals surface area contributed by atoms with E-state index in [0.29, 0.717) is 11.1 Å². The van der Waals surface area contributed by atoms with Gasteiger partial charge in [0.1, 0.15) is 13.2 Å². The molecule has 0 saturated heterocycles. The van der Waals surface area contributed by atoms with Crippen LogP contribution < -0.4 is 0 Å². The Morgan fingerprint density at radius 1 is 0.574 bits per heavy atom. The van der Waals surface area contributed by atoms with E-state index in [1.165, 1.54) is 13.2 Å². The molecule has 0 saturated carbocycles. The monoisotopic (exact) mass is 714 g/mol. The zero-order chi connectivity index (χ0) is 37.2. The van der Waals surface area contributed by atoms with Gasteiger partial charge in [-0.3, -0.25) is 4.79 Å². The molecule has 2 aliphatic carbocycles. The highest BCUT2D eigenvalue weighted by molar-refractivity contribution is 6.09. The molecule has 54 heavy (non-hydrogen) atoms.